The van der Waals surface area contributed by atoms with Crippen LogP contribution in [0.25, 0.3) is 0 Å². The Morgan fingerprint density at radius 3 is 2.38 bits per heavy atom. The molecule has 1 N–H and O–H groups in total. The fourth-order valence-corrected chi connectivity index (χ4v) is 0.524. The molecule has 0 aromatic heterocycles. The predicted octanol–water partition coefficient (Wildman–Crippen LogP) is -0.00820. The van der Waals surface area contributed by atoms with Crippen LogP contribution in [0, 0.1) is 0 Å². The van der Waals surface area contributed by atoms with Crippen molar-refractivity contribution in [1.82, 2.24) is 0 Å². The molecular formula is C3H6O4S. The molecule has 0 fully saturated rings. The summed E-state index contributed by atoms with van der Waals surface area (Å²) in [6.45, 7) is 3.12. The molecule has 48 valence electrons. The Bertz CT molecular complexity index is 156. The van der Waals surface area contributed by atoms with Crippen LogP contribution in [0.15, 0.2) is 12.7 Å². The SMILES string of the molecule is C=CCS(=O)(=O)OO. The molecule has 0 aliphatic carbocycles. The van der Waals surface area contributed by atoms with Crippen molar-refractivity contribution in [3.05, 3.63) is 12.7 Å². The van der Waals surface area contributed by atoms with Crippen LogP contribution in [0.2, 0.25) is 0 Å². The maximum atomic E-state index is 10.1. The van der Waals surface area contributed by atoms with E-state index in [2.05, 4.69) is 10.9 Å². The molecule has 0 saturated heterocycles. The molecule has 0 amide bonds. The summed E-state index contributed by atoms with van der Waals surface area (Å²) in [5.41, 5.74) is 0. The second kappa shape index (κ2) is 2.81. The number of rotatable bonds is 3. The van der Waals surface area contributed by atoms with Crippen molar-refractivity contribution in [2.24, 2.45) is 0 Å². The van der Waals surface area contributed by atoms with Gasteiger partial charge in [-0.25, -0.2) is 5.26 Å². The lowest BCUT2D eigenvalue weighted by Gasteiger charge is -1.89. The lowest BCUT2D eigenvalue weighted by Crippen LogP contribution is -2.04. The van der Waals surface area contributed by atoms with Gasteiger partial charge >= 0.3 is 0 Å². The fourth-order valence-electron chi connectivity index (χ4n) is 0.175. The van der Waals surface area contributed by atoms with Gasteiger partial charge in [-0.15, -0.1) is 10.9 Å². The van der Waals surface area contributed by atoms with Crippen LogP contribution < -0.4 is 0 Å². The first-order valence-corrected chi connectivity index (χ1v) is 3.37. The van der Waals surface area contributed by atoms with Crippen molar-refractivity contribution in [2.45, 2.75) is 0 Å². The van der Waals surface area contributed by atoms with Crippen LogP contribution in [0.1, 0.15) is 0 Å². The molecule has 0 rings (SSSR count). The smallest absolute Gasteiger partial charge is 0.235 e. The Kier molecular flexibility index (Phi) is 2.67. The van der Waals surface area contributed by atoms with E-state index in [1.54, 1.807) is 0 Å². The molecule has 0 bridgehead atoms. The van der Waals surface area contributed by atoms with Gasteiger partial charge in [-0.3, -0.25) is 0 Å². The van der Waals surface area contributed by atoms with Gasteiger partial charge in [0.1, 0.15) is 0 Å². The largest absolute Gasteiger partial charge is 0.296 e. The zero-order valence-electron chi connectivity index (χ0n) is 4.07. The first-order chi connectivity index (χ1) is 3.62. The molecule has 0 radical (unpaired) electrons. The van der Waals surface area contributed by atoms with Crippen molar-refractivity contribution in [3.8, 4) is 0 Å². The van der Waals surface area contributed by atoms with Crippen molar-refractivity contribution in [2.75, 3.05) is 5.75 Å². The van der Waals surface area contributed by atoms with E-state index < -0.39 is 10.1 Å². The molecule has 0 aliphatic rings. The number of hydrogen-bond donors (Lipinski definition) is 1. The van der Waals surface area contributed by atoms with E-state index in [0.717, 1.165) is 6.08 Å². The topological polar surface area (TPSA) is 63.6 Å². The lowest BCUT2D eigenvalue weighted by atomic mass is 10.8. The summed E-state index contributed by atoms with van der Waals surface area (Å²) in [5.74, 6) is -0.372. The van der Waals surface area contributed by atoms with Gasteiger partial charge < -0.3 is 0 Å². The molecule has 0 saturated carbocycles. The molecule has 0 unspecified atom stereocenters. The lowest BCUT2D eigenvalue weighted by molar-refractivity contribution is -0.130. The van der Waals surface area contributed by atoms with Gasteiger partial charge in [0.15, 0.2) is 0 Å². The minimum absolute atomic E-state index is 0.372. The summed E-state index contributed by atoms with van der Waals surface area (Å²) in [5, 5.41) is 7.59. The molecule has 0 heterocycles. The molecule has 0 spiro atoms. The monoisotopic (exact) mass is 138 g/mol. The van der Waals surface area contributed by atoms with Gasteiger partial charge in [-0.2, -0.15) is 8.42 Å². The highest BCUT2D eigenvalue weighted by Gasteiger charge is 2.04. The molecule has 8 heavy (non-hydrogen) atoms. The van der Waals surface area contributed by atoms with E-state index in [4.69, 9.17) is 5.26 Å². The Labute approximate surface area is 47.5 Å². The van der Waals surface area contributed by atoms with Crippen molar-refractivity contribution >= 4 is 10.1 Å². The number of hydrogen-bond acceptors (Lipinski definition) is 4. The van der Waals surface area contributed by atoms with Gasteiger partial charge in [-0.05, 0) is 0 Å². The molecule has 0 aromatic rings. The van der Waals surface area contributed by atoms with E-state index in [1.165, 1.54) is 0 Å². The predicted molar refractivity (Wildman–Crippen MR) is 27.7 cm³/mol. The maximum Gasteiger partial charge on any atom is 0.296 e. The molecular weight excluding hydrogens is 132 g/mol. The molecule has 0 aliphatic heterocycles. The zero-order chi connectivity index (χ0) is 6.62. The zero-order valence-corrected chi connectivity index (χ0v) is 4.89. The quantitative estimate of drug-likeness (QED) is 0.338. The summed E-state index contributed by atoms with van der Waals surface area (Å²) in [7, 11) is -3.73. The van der Waals surface area contributed by atoms with E-state index in [0.29, 0.717) is 0 Å². The average molecular weight is 138 g/mol. The van der Waals surface area contributed by atoms with Gasteiger partial charge in [0.2, 0.25) is 0 Å². The van der Waals surface area contributed by atoms with Crippen LogP contribution in [0.3, 0.4) is 0 Å². The summed E-state index contributed by atoms with van der Waals surface area (Å²) in [4.78, 5) is 0. The summed E-state index contributed by atoms with van der Waals surface area (Å²) in [6, 6.07) is 0. The Balaban J connectivity index is 3.94. The average Bonchev–Trinajstić information content (AvgIpc) is 1.67. The third kappa shape index (κ3) is 2.73. The second-order valence-corrected chi connectivity index (χ2v) is 2.69. The van der Waals surface area contributed by atoms with Crippen LogP contribution in [0.4, 0.5) is 0 Å². The Morgan fingerprint density at radius 1 is 1.75 bits per heavy atom. The Hall–Kier alpha value is -0.390. The van der Waals surface area contributed by atoms with Crippen molar-refractivity contribution in [1.29, 1.82) is 0 Å². The van der Waals surface area contributed by atoms with Crippen LogP contribution >= 0.6 is 0 Å². The van der Waals surface area contributed by atoms with Crippen LogP contribution in [0.5, 0.6) is 0 Å². The minimum Gasteiger partial charge on any atom is -0.235 e. The van der Waals surface area contributed by atoms with E-state index >= 15 is 0 Å². The molecule has 0 atom stereocenters. The van der Waals surface area contributed by atoms with Gasteiger partial charge in [-0.1, -0.05) is 6.08 Å². The molecule has 0 aromatic carbocycles. The third-order valence-corrected chi connectivity index (χ3v) is 1.31. The van der Waals surface area contributed by atoms with Crippen molar-refractivity contribution < 1.29 is 18.0 Å². The summed E-state index contributed by atoms with van der Waals surface area (Å²) < 4.78 is 23.2. The van der Waals surface area contributed by atoms with E-state index in [9.17, 15) is 8.42 Å². The van der Waals surface area contributed by atoms with Gasteiger partial charge in [0, 0.05) is 0 Å². The maximum absolute atomic E-state index is 10.1. The standard InChI is InChI=1S/C3H6O4S/c1-2-3-8(5,6)7-4/h2,4H,1,3H2. The second-order valence-electron chi connectivity index (χ2n) is 1.09. The van der Waals surface area contributed by atoms with Gasteiger partial charge in [0.25, 0.3) is 10.1 Å². The summed E-state index contributed by atoms with van der Waals surface area (Å²) >= 11 is 0. The first kappa shape index (κ1) is 7.61. The van der Waals surface area contributed by atoms with Crippen molar-refractivity contribution in [3.63, 3.8) is 0 Å². The Morgan fingerprint density at radius 2 is 2.25 bits per heavy atom. The first-order valence-electron chi connectivity index (χ1n) is 1.79. The highest BCUT2D eigenvalue weighted by molar-refractivity contribution is 7.86. The highest BCUT2D eigenvalue weighted by atomic mass is 32.2. The van der Waals surface area contributed by atoms with Crippen LogP contribution in [-0.2, 0) is 14.5 Å². The molecule has 5 heteroatoms. The fraction of sp³-hybridized carbons (Fsp3) is 0.333. The normalized spacial score (nSPS) is 11.1. The highest BCUT2D eigenvalue weighted by Crippen LogP contribution is 1.87. The summed E-state index contributed by atoms with van der Waals surface area (Å²) in [6.07, 6.45) is 1.12. The third-order valence-electron chi connectivity index (χ3n) is 0.436. The van der Waals surface area contributed by atoms with Gasteiger partial charge in [0.05, 0.1) is 5.75 Å². The minimum atomic E-state index is -3.73. The van der Waals surface area contributed by atoms with Crippen LogP contribution in [-0.4, -0.2) is 19.4 Å². The molecule has 4 nitrogen and oxygen atoms in total. The van der Waals surface area contributed by atoms with E-state index in [1.807, 2.05) is 0 Å². The van der Waals surface area contributed by atoms with E-state index in [-0.39, 0.29) is 5.75 Å².